The van der Waals surface area contributed by atoms with Gasteiger partial charge in [0.1, 0.15) is 0 Å². The first-order chi connectivity index (χ1) is 13.9. The van der Waals surface area contributed by atoms with Gasteiger partial charge in [-0.3, -0.25) is 24.7 Å². The number of nitrogens with zero attached hydrogens (tertiary/aromatic N) is 2. The topological polar surface area (TPSA) is 107 Å². The summed E-state index contributed by atoms with van der Waals surface area (Å²) < 4.78 is 0. The van der Waals surface area contributed by atoms with Gasteiger partial charge in [0.05, 0.1) is 4.92 Å². The van der Waals surface area contributed by atoms with Crippen LogP contribution in [0.1, 0.15) is 64.9 Å². The minimum Gasteiger partial charge on any atom is -0.294 e. The van der Waals surface area contributed by atoms with Crippen molar-refractivity contribution in [1.82, 2.24) is 5.01 Å². The number of ketones is 2. The van der Waals surface area contributed by atoms with Crippen LogP contribution in [0.15, 0.2) is 46.8 Å². The summed E-state index contributed by atoms with van der Waals surface area (Å²) in [6, 6.07) is 6.27. The second kappa shape index (κ2) is 6.60. The van der Waals surface area contributed by atoms with Gasteiger partial charge in [0, 0.05) is 53.4 Å². The summed E-state index contributed by atoms with van der Waals surface area (Å²) in [4.78, 5) is 37.5. The number of allylic oxidation sites excluding steroid dienone is 4. The van der Waals surface area contributed by atoms with Crippen LogP contribution in [0.2, 0.25) is 0 Å². The Kier molecular flexibility index (Phi) is 4.51. The third kappa shape index (κ3) is 3.27. The summed E-state index contributed by atoms with van der Waals surface area (Å²) >= 11 is 0. The van der Waals surface area contributed by atoms with E-state index in [1.165, 1.54) is 12.1 Å². The van der Waals surface area contributed by atoms with Gasteiger partial charge in [-0.25, -0.2) is 5.84 Å². The van der Waals surface area contributed by atoms with Crippen LogP contribution in [0.4, 0.5) is 5.69 Å². The first kappa shape index (κ1) is 20.5. The Labute approximate surface area is 175 Å². The van der Waals surface area contributed by atoms with Crippen molar-refractivity contribution in [2.45, 2.75) is 59.3 Å². The minimum atomic E-state index is -0.609. The van der Waals surface area contributed by atoms with Crippen LogP contribution in [-0.2, 0) is 9.59 Å². The Bertz CT molecular complexity index is 994. The molecule has 158 valence electrons. The van der Waals surface area contributed by atoms with E-state index in [0.717, 1.165) is 11.4 Å². The first-order valence-corrected chi connectivity index (χ1v) is 10.2. The zero-order valence-electron chi connectivity index (χ0n) is 17.8. The van der Waals surface area contributed by atoms with Gasteiger partial charge in [0.2, 0.25) is 0 Å². The highest BCUT2D eigenvalue weighted by atomic mass is 16.6. The molecular weight excluding hydrogens is 382 g/mol. The number of hydrazine groups is 1. The summed E-state index contributed by atoms with van der Waals surface area (Å²) in [5, 5.41) is 12.9. The molecule has 1 aromatic rings. The van der Waals surface area contributed by atoms with E-state index in [-0.39, 0.29) is 28.1 Å². The fourth-order valence-electron chi connectivity index (χ4n) is 5.15. The molecule has 0 bridgehead atoms. The van der Waals surface area contributed by atoms with Gasteiger partial charge in [0.15, 0.2) is 11.6 Å². The lowest BCUT2D eigenvalue weighted by Crippen LogP contribution is -2.46. The molecule has 0 saturated carbocycles. The van der Waals surface area contributed by atoms with E-state index in [9.17, 15) is 19.7 Å². The van der Waals surface area contributed by atoms with E-state index < -0.39 is 10.8 Å². The molecule has 2 aliphatic carbocycles. The lowest BCUT2D eigenvalue weighted by molar-refractivity contribution is -0.384. The number of non-ortho nitro benzene ring substituents is 1. The Morgan fingerprint density at radius 1 is 0.967 bits per heavy atom. The second-order valence-electron chi connectivity index (χ2n) is 10.3. The van der Waals surface area contributed by atoms with E-state index in [4.69, 9.17) is 5.84 Å². The number of rotatable bonds is 2. The van der Waals surface area contributed by atoms with Crippen molar-refractivity contribution < 1.29 is 14.5 Å². The van der Waals surface area contributed by atoms with Gasteiger partial charge in [0.25, 0.3) is 5.69 Å². The number of carbonyl (C=O) groups is 2. The van der Waals surface area contributed by atoms with Crippen molar-refractivity contribution in [1.29, 1.82) is 0 Å². The van der Waals surface area contributed by atoms with Gasteiger partial charge >= 0.3 is 0 Å². The Balaban J connectivity index is 1.98. The van der Waals surface area contributed by atoms with Gasteiger partial charge < -0.3 is 0 Å². The van der Waals surface area contributed by atoms with Gasteiger partial charge in [-0.15, -0.1) is 0 Å². The maximum atomic E-state index is 13.3. The molecule has 7 nitrogen and oxygen atoms in total. The van der Waals surface area contributed by atoms with Crippen molar-refractivity contribution in [2.75, 3.05) is 0 Å². The molecule has 0 aromatic heterocycles. The van der Waals surface area contributed by atoms with E-state index in [0.29, 0.717) is 42.4 Å². The molecule has 30 heavy (non-hydrogen) atoms. The molecule has 0 amide bonds. The fraction of sp³-hybridized carbons (Fsp3) is 0.478. The number of hydrogen-bond acceptors (Lipinski definition) is 6. The molecule has 3 aliphatic rings. The number of nitrogens with two attached hydrogens (primary N) is 1. The molecule has 0 radical (unpaired) electrons. The number of carbonyl (C=O) groups excluding carboxylic acids is 2. The highest BCUT2D eigenvalue weighted by Gasteiger charge is 2.48. The molecular formula is C23H27N3O4. The summed E-state index contributed by atoms with van der Waals surface area (Å²) in [5.41, 5.74) is 2.56. The maximum Gasteiger partial charge on any atom is 0.269 e. The van der Waals surface area contributed by atoms with E-state index in [2.05, 4.69) is 0 Å². The first-order valence-electron chi connectivity index (χ1n) is 10.2. The average Bonchev–Trinajstić information content (AvgIpc) is 2.62. The largest absolute Gasteiger partial charge is 0.294 e. The summed E-state index contributed by atoms with van der Waals surface area (Å²) in [5.74, 6) is 5.84. The molecule has 0 unspecified atom stereocenters. The second-order valence-corrected chi connectivity index (χ2v) is 10.3. The minimum absolute atomic E-state index is 0.0441. The number of nitro benzene ring substituents is 1. The highest BCUT2D eigenvalue weighted by Crippen LogP contribution is 2.53. The van der Waals surface area contributed by atoms with Crippen LogP contribution >= 0.6 is 0 Å². The summed E-state index contributed by atoms with van der Waals surface area (Å²) in [7, 11) is 0. The molecule has 4 rings (SSSR count). The van der Waals surface area contributed by atoms with Crippen molar-refractivity contribution in [3.63, 3.8) is 0 Å². The number of benzene rings is 1. The molecule has 0 atom stereocenters. The third-order valence-corrected chi connectivity index (χ3v) is 6.37. The lowest BCUT2D eigenvalue weighted by Gasteiger charge is -2.47. The van der Waals surface area contributed by atoms with Crippen molar-refractivity contribution in [3.05, 3.63) is 62.5 Å². The Hall–Kier alpha value is -2.80. The number of Topliss-reactive ketones (excluding diaryl/α,β-unsaturated/α-hetero) is 2. The molecule has 1 aliphatic heterocycles. The average molecular weight is 409 g/mol. The van der Waals surface area contributed by atoms with Crippen LogP contribution in [0.3, 0.4) is 0 Å². The summed E-state index contributed by atoms with van der Waals surface area (Å²) in [6.07, 6.45) is 1.93. The zero-order valence-corrected chi connectivity index (χ0v) is 17.8. The predicted octanol–water partition coefficient (Wildman–Crippen LogP) is 4.15. The SMILES string of the molecule is CC1(C)CC(=O)C2=C(C1)N(N)C1=C(C(=O)CC(C)(C)C1)C2c1cccc([N+](=O)[O-])c1. The van der Waals surface area contributed by atoms with E-state index in [1.807, 2.05) is 27.7 Å². The van der Waals surface area contributed by atoms with Gasteiger partial charge in [-0.05, 0) is 29.2 Å². The van der Waals surface area contributed by atoms with Crippen molar-refractivity contribution in [2.24, 2.45) is 16.7 Å². The maximum absolute atomic E-state index is 13.3. The monoisotopic (exact) mass is 409 g/mol. The molecule has 0 spiro atoms. The van der Waals surface area contributed by atoms with Crippen LogP contribution < -0.4 is 5.84 Å². The molecule has 0 saturated heterocycles. The third-order valence-electron chi connectivity index (χ3n) is 6.37. The summed E-state index contributed by atoms with van der Waals surface area (Å²) in [6.45, 7) is 8.13. The standard InChI is InChI=1S/C23H27N3O4/c1-22(2)9-15-20(17(27)11-22)19(13-6-5-7-14(8-13)26(29)30)21-16(25(15)24)10-23(3,4)12-18(21)28/h5-8,19H,9-12,24H2,1-4H3. The van der Waals surface area contributed by atoms with Crippen LogP contribution in [0.5, 0.6) is 0 Å². The highest BCUT2D eigenvalue weighted by molar-refractivity contribution is 6.06. The van der Waals surface area contributed by atoms with Gasteiger partial charge in [-0.1, -0.05) is 39.8 Å². The lowest BCUT2D eigenvalue weighted by atomic mass is 9.64. The number of nitro groups is 1. The molecule has 1 heterocycles. The normalized spacial score (nSPS) is 23.4. The van der Waals surface area contributed by atoms with Crippen LogP contribution in [0.25, 0.3) is 0 Å². The van der Waals surface area contributed by atoms with Crippen molar-refractivity contribution >= 4 is 17.3 Å². The van der Waals surface area contributed by atoms with Crippen molar-refractivity contribution in [3.8, 4) is 0 Å². The molecule has 2 N–H and O–H groups in total. The molecule has 1 aromatic carbocycles. The van der Waals surface area contributed by atoms with E-state index in [1.54, 1.807) is 17.1 Å². The van der Waals surface area contributed by atoms with E-state index >= 15 is 0 Å². The zero-order chi connectivity index (χ0) is 22.0. The molecule has 0 fully saturated rings. The quantitative estimate of drug-likeness (QED) is 0.447. The fourth-order valence-corrected chi connectivity index (χ4v) is 5.15. The van der Waals surface area contributed by atoms with Gasteiger partial charge in [-0.2, -0.15) is 0 Å². The Morgan fingerprint density at radius 3 is 1.93 bits per heavy atom. The number of hydrogen-bond donors (Lipinski definition) is 1. The predicted molar refractivity (Wildman–Crippen MR) is 112 cm³/mol. The smallest absolute Gasteiger partial charge is 0.269 e. The van der Waals surface area contributed by atoms with Crippen LogP contribution in [-0.4, -0.2) is 21.5 Å². The Morgan fingerprint density at radius 2 is 1.47 bits per heavy atom. The van der Waals surface area contributed by atoms with Crippen LogP contribution in [0, 0.1) is 20.9 Å². The molecule has 7 heteroatoms.